The van der Waals surface area contributed by atoms with Crippen LogP contribution in [0.3, 0.4) is 0 Å². The molecule has 4 nitrogen and oxygen atoms in total. The van der Waals surface area contributed by atoms with Gasteiger partial charge in [-0.2, -0.15) is 0 Å². The largest absolute Gasteiger partial charge is 0.508 e. The van der Waals surface area contributed by atoms with Crippen molar-refractivity contribution >= 4 is 5.91 Å². The molecule has 0 radical (unpaired) electrons. The molecule has 0 heterocycles. The maximum Gasteiger partial charge on any atom is 0.248 e. The van der Waals surface area contributed by atoms with Gasteiger partial charge in [0.05, 0.1) is 6.10 Å². The lowest BCUT2D eigenvalue weighted by atomic mass is 10.2. The van der Waals surface area contributed by atoms with E-state index in [9.17, 15) is 9.90 Å². The molecule has 0 saturated carbocycles. The normalized spacial score (nSPS) is 12.2. The van der Waals surface area contributed by atoms with E-state index in [1.54, 1.807) is 36.2 Å². The molecule has 0 fully saturated rings. The maximum absolute atomic E-state index is 11.8. The Morgan fingerprint density at radius 1 is 1.39 bits per heavy atom. The third-order valence-corrected chi connectivity index (χ3v) is 2.85. The fourth-order valence-corrected chi connectivity index (χ4v) is 1.40. The number of phenolic OH excluding ortho intramolecular Hbond substituents is 1. The molecule has 0 aromatic heterocycles. The van der Waals surface area contributed by atoms with Crippen LogP contribution >= 0.6 is 0 Å². The van der Waals surface area contributed by atoms with Crippen LogP contribution in [0.1, 0.15) is 25.8 Å². The zero-order valence-corrected chi connectivity index (χ0v) is 11.2. The van der Waals surface area contributed by atoms with E-state index in [1.807, 2.05) is 13.8 Å². The van der Waals surface area contributed by atoms with Gasteiger partial charge in [-0.05, 0) is 31.0 Å². The van der Waals surface area contributed by atoms with Gasteiger partial charge < -0.3 is 14.7 Å². The van der Waals surface area contributed by atoms with Crippen LogP contribution in [0.4, 0.5) is 0 Å². The van der Waals surface area contributed by atoms with Gasteiger partial charge in [-0.15, -0.1) is 0 Å². The van der Waals surface area contributed by atoms with Crippen LogP contribution in [0.25, 0.3) is 0 Å². The number of phenols is 1. The number of benzene rings is 1. The van der Waals surface area contributed by atoms with Gasteiger partial charge in [-0.1, -0.05) is 19.1 Å². The molecular weight excluding hydrogens is 230 g/mol. The van der Waals surface area contributed by atoms with Gasteiger partial charge in [0.15, 0.2) is 0 Å². The topological polar surface area (TPSA) is 49.8 Å². The summed E-state index contributed by atoms with van der Waals surface area (Å²) in [5.74, 6) is 0.191. The summed E-state index contributed by atoms with van der Waals surface area (Å²) >= 11 is 0. The summed E-state index contributed by atoms with van der Waals surface area (Å²) in [5.41, 5.74) is 0.979. The summed E-state index contributed by atoms with van der Waals surface area (Å²) < 4.78 is 5.40. The average Bonchev–Trinajstić information content (AvgIpc) is 2.38. The Hall–Kier alpha value is -1.55. The highest BCUT2D eigenvalue weighted by atomic mass is 16.5. The Bertz CT molecular complexity index is 375. The van der Waals surface area contributed by atoms with Crippen molar-refractivity contribution < 1.29 is 14.6 Å². The van der Waals surface area contributed by atoms with Gasteiger partial charge in [0.25, 0.3) is 0 Å². The van der Waals surface area contributed by atoms with Gasteiger partial charge >= 0.3 is 0 Å². The molecule has 1 unspecified atom stereocenters. The second-order valence-electron chi connectivity index (χ2n) is 4.45. The molecule has 0 spiro atoms. The lowest BCUT2D eigenvalue weighted by Gasteiger charge is -2.18. The standard InChI is InChI=1S/C14H21NO3/c1-4-11(2)18-10-14(17)15(3)9-12-5-7-13(16)8-6-12/h5-8,11,16H,4,9-10H2,1-3H3. The predicted molar refractivity (Wildman–Crippen MR) is 70.3 cm³/mol. The Labute approximate surface area is 108 Å². The number of hydrogen-bond donors (Lipinski definition) is 1. The Morgan fingerprint density at radius 2 is 2.00 bits per heavy atom. The van der Waals surface area contributed by atoms with E-state index in [1.165, 1.54) is 0 Å². The molecule has 18 heavy (non-hydrogen) atoms. The molecule has 1 rings (SSSR count). The summed E-state index contributed by atoms with van der Waals surface area (Å²) in [6.45, 7) is 4.61. The first-order valence-corrected chi connectivity index (χ1v) is 6.16. The fraction of sp³-hybridized carbons (Fsp3) is 0.500. The molecule has 4 heteroatoms. The molecule has 0 bridgehead atoms. The third-order valence-electron chi connectivity index (χ3n) is 2.85. The van der Waals surface area contributed by atoms with Crippen molar-refractivity contribution in [2.45, 2.75) is 32.9 Å². The Morgan fingerprint density at radius 3 is 2.56 bits per heavy atom. The van der Waals surface area contributed by atoms with Crippen molar-refractivity contribution in [3.63, 3.8) is 0 Å². The van der Waals surface area contributed by atoms with Crippen LogP contribution in [0.15, 0.2) is 24.3 Å². The first-order chi connectivity index (χ1) is 8.52. The summed E-state index contributed by atoms with van der Waals surface area (Å²) in [7, 11) is 1.75. The van der Waals surface area contributed by atoms with E-state index < -0.39 is 0 Å². The van der Waals surface area contributed by atoms with Crippen molar-refractivity contribution in [3.05, 3.63) is 29.8 Å². The fourth-order valence-electron chi connectivity index (χ4n) is 1.40. The zero-order chi connectivity index (χ0) is 13.5. The molecule has 0 aliphatic rings. The minimum atomic E-state index is -0.0385. The van der Waals surface area contributed by atoms with Crippen LogP contribution in [0.2, 0.25) is 0 Å². The predicted octanol–water partition coefficient (Wildman–Crippen LogP) is 2.17. The number of carbonyl (C=O) groups excluding carboxylic acids is 1. The number of aromatic hydroxyl groups is 1. The van der Waals surface area contributed by atoms with E-state index in [0.29, 0.717) is 6.54 Å². The third kappa shape index (κ3) is 4.75. The molecular formula is C14H21NO3. The van der Waals surface area contributed by atoms with E-state index >= 15 is 0 Å². The molecule has 0 aliphatic carbocycles. The number of amides is 1. The monoisotopic (exact) mass is 251 g/mol. The average molecular weight is 251 g/mol. The summed E-state index contributed by atoms with van der Waals surface area (Å²) in [6, 6.07) is 6.83. The minimum Gasteiger partial charge on any atom is -0.508 e. The van der Waals surface area contributed by atoms with Crippen LogP contribution in [0.5, 0.6) is 5.75 Å². The Kier molecular flexibility index (Phi) is 5.65. The van der Waals surface area contributed by atoms with Crippen LogP contribution < -0.4 is 0 Å². The van der Waals surface area contributed by atoms with Gasteiger partial charge in [0.2, 0.25) is 5.91 Å². The van der Waals surface area contributed by atoms with E-state index in [2.05, 4.69) is 0 Å². The highest BCUT2D eigenvalue weighted by molar-refractivity contribution is 5.77. The zero-order valence-electron chi connectivity index (χ0n) is 11.2. The van der Waals surface area contributed by atoms with Crippen LogP contribution in [0, 0.1) is 0 Å². The van der Waals surface area contributed by atoms with Crippen LogP contribution in [-0.2, 0) is 16.1 Å². The quantitative estimate of drug-likeness (QED) is 0.843. The number of rotatable bonds is 6. The summed E-state index contributed by atoms with van der Waals surface area (Å²) in [6.07, 6.45) is 1.01. The molecule has 1 aromatic carbocycles. The highest BCUT2D eigenvalue weighted by Gasteiger charge is 2.11. The Balaban J connectivity index is 2.42. The van der Waals surface area contributed by atoms with E-state index in [-0.39, 0.29) is 24.4 Å². The van der Waals surface area contributed by atoms with Crippen molar-refractivity contribution in [3.8, 4) is 5.75 Å². The smallest absolute Gasteiger partial charge is 0.248 e. The highest BCUT2D eigenvalue weighted by Crippen LogP contribution is 2.11. The minimum absolute atomic E-state index is 0.0385. The molecule has 1 N–H and O–H groups in total. The number of nitrogens with zero attached hydrogens (tertiary/aromatic N) is 1. The molecule has 100 valence electrons. The number of hydrogen-bond acceptors (Lipinski definition) is 3. The lowest BCUT2D eigenvalue weighted by molar-refractivity contribution is -0.137. The van der Waals surface area contributed by atoms with Gasteiger partial charge in [0.1, 0.15) is 12.4 Å². The lowest BCUT2D eigenvalue weighted by Crippen LogP contribution is -2.31. The first-order valence-electron chi connectivity index (χ1n) is 6.16. The molecule has 0 aliphatic heterocycles. The number of likely N-dealkylation sites (N-methyl/N-ethyl adjacent to an activating group) is 1. The SMILES string of the molecule is CCC(C)OCC(=O)N(C)Cc1ccc(O)cc1. The molecule has 1 amide bonds. The second kappa shape index (κ2) is 7.01. The molecule has 1 aromatic rings. The van der Waals surface area contributed by atoms with E-state index in [0.717, 1.165) is 12.0 Å². The molecule has 0 saturated heterocycles. The van der Waals surface area contributed by atoms with Crippen LogP contribution in [-0.4, -0.2) is 35.7 Å². The van der Waals surface area contributed by atoms with Gasteiger partial charge in [-0.3, -0.25) is 4.79 Å². The molecule has 1 atom stereocenters. The maximum atomic E-state index is 11.8. The van der Waals surface area contributed by atoms with Crippen molar-refractivity contribution in [2.24, 2.45) is 0 Å². The number of carbonyl (C=O) groups is 1. The second-order valence-corrected chi connectivity index (χ2v) is 4.45. The summed E-state index contributed by atoms with van der Waals surface area (Å²) in [5, 5.41) is 9.17. The first kappa shape index (κ1) is 14.5. The van der Waals surface area contributed by atoms with Crippen molar-refractivity contribution in [1.29, 1.82) is 0 Å². The van der Waals surface area contributed by atoms with E-state index in [4.69, 9.17) is 4.74 Å². The van der Waals surface area contributed by atoms with Crippen molar-refractivity contribution in [1.82, 2.24) is 4.90 Å². The van der Waals surface area contributed by atoms with Crippen molar-refractivity contribution in [2.75, 3.05) is 13.7 Å². The number of ether oxygens (including phenoxy) is 1. The van der Waals surface area contributed by atoms with Gasteiger partial charge in [-0.25, -0.2) is 0 Å². The van der Waals surface area contributed by atoms with Gasteiger partial charge in [0, 0.05) is 13.6 Å². The summed E-state index contributed by atoms with van der Waals surface area (Å²) in [4.78, 5) is 13.4.